The minimum absolute atomic E-state index is 4.34. The van der Waals surface area contributed by atoms with E-state index in [1.807, 2.05) is 0 Å². The van der Waals surface area contributed by atoms with Crippen molar-refractivity contribution in [3.63, 3.8) is 0 Å². The third kappa shape index (κ3) is 5.16. The third-order valence-electron chi connectivity index (χ3n) is 4.27. The molecule has 0 saturated carbocycles. The van der Waals surface area contributed by atoms with Gasteiger partial charge < -0.3 is 0 Å². The van der Waals surface area contributed by atoms with Crippen molar-refractivity contribution < 1.29 is 114 Å². The lowest BCUT2D eigenvalue weighted by Gasteiger charge is -2.48. The molecular weight excluding hydrogens is 702 g/mol. The maximum atomic E-state index is 13.9. The molecule has 0 aliphatic rings. The van der Waals surface area contributed by atoms with Crippen molar-refractivity contribution in [2.45, 2.75) is 70.2 Å². The second-order valence-corrected chi connectivity index (χ2v) is 9.37. The monoisotopic (exact) mass is 702 g/mol. The Morgan fingerprint density at radius 2 is 0.350 bits per heavy atom. The Hall–Kier alpha value is -1.12. The average Bonchev–Trinajstić information content (AvgIpc) is 2.57. The molecule has 28 heteroatoms. The van der Waals surface area contributed by atoms with E-state index in [-0.39, 0.29) is 0 Å². The molecule has 0 aromatic carbocycles. The van der Waals surface area contributed by atoms with Gasteiger partial charge in [0, 0.05) is 0 Å². The van der Waals surface area contributed by atoms with Gasteiger partial charge in [0.15, 0.2) is 0 Å². The van der Waals surface area contributed by atoms with Gasteiger partial charge >= 0.3 is 60.7 Å². The Bertz CT molecular complexity index is 786. The highest BCUT2D eigenvalue weighted by atomic mass is 33.1. The van der Waals surface area contributed by atoms with E-state index in [2.05, 4.69) is 0 Å². The first-order chi connectivity index (χ1) is 16.7. The van der Waals surface area contributed by atoms with E-state index in [1.54, 1.807) is 0 Å². The molecule has 0 N–H and O–H groups in total. The van der Waals surface area contributed by atoms with Crippen molar-refractivity contribution in [2.75, 3.05) is 0 Å². The highest BCUT2D eigenvalue weighted by Crippen LogP contribution is 2.74. The smallest absolute Gasteiger partial charge is 0.197 e. The Balaban J connectivity index is 8.12. The second-order valence-electron chi connectivity index (χ2n) is 6.81. The summed E-state index contributed by atoms with van der Waals surface area (Å²) in [4.78, 5) is 0. The lowest BCUT2D eigenvalue weighted by Crippen LogP contribution is -2.75. The fourth-order valence-corrected chi connectivity index (χ4v) is 5.86. The maximum absolute atomic E-state index is 13.9. The molecule has 40 heavy (non-hydrogen) atoms. The van der Waals surface area contributed by atoms with Gasteiger partial charge in [0.1, 0.15) is 0 Å². The molecule has 242 valence electrons. The number of alkyl halides is 26. The van der Waals surface area contributed by atoms with Crippen LogP contribution in [0, 0.1) is 0 Å². The first kappa shape index (κ1) is 38.9. The first-order valence-electron chi connectivity index (χ1n) is 7.99. The molecule has 0 bridgehead atoms. The van der Waals surface area contributed by atoms with Crippen molar-refractivity contribution in [2.24, 2.45) is 0 Å². The van der Waals surface area contributed by atoms with Crippen molar-refractivity contribution in [1.29, 1.82) is 0 Å². The lowest BCUT2D eigenvalue weighted by atomic mass is 9.92. The molecule has 0 fully saturated rings. The highest BCUT2D eigenvalue weighted by Gasteiger charge is 2.97. The summed E-state index contributed by atoms with van der Waals surface area (Å²) in [5.74, 6) is -35.7. The molecule has 0 amide bonds. The summed E-state index contributed by atoms with van der Waals surface area (Å²) in [5, 5.41) is 0. The molecule has 0 atom stereocenters. The van der Waals surface area contributed by atoms with Crippen LogP contribution in [-0.2, 0) is 0 Å². The van der Waals surface area contributed by atoms with Crippen molar-refractivity contribution in [3.05, 3.63) is 0 Å². The number of hydrogen-bond acceptors (Lipinski definition) is 2. The van der Waals surface area contributed by atoms with E-state index in [4.69, 9.17) is 0 Å². The van der Waals surface area contributed by atoms with Crippen LogP contribution in [0.5, 0.6) is 0 Å². The van der Waals surface area contributed by atoms with Crippen LogP contribution >= 0.6 is 21.6 Å². The zero-order valence-electron chi connectivity index (χ0n) is 16.6. The molecule has 0 heterocycles. The highest BCUT2D eigenvalue weighted by molar-refractivity contribution is 8.77. The predicted molar refractivity (Wildman–Crippen MR) is 76.8 cm³/mol. The molecule has 0 aliphatic heterocycles. The molecule has 0 aromatic heterocycles. The van der Waals surface area contributed by atoms with Gasteiger partial charge in [-0.3, -0.25) is 0 Å². The van der Waals surface area contributed by atoms with E-state index in [0.29, 0.717) is 0 Å². The SMILES string of the molecule is FC(F)(F)C(F)(F)C(F)(F)C(SSC(C(F)(F)F)(C(F)(F)F)C(F)(F)C(F)(F)C(F)(F)F)(C(F)(F)F)C(F)(F)F. The van der Waals surface area contributed by atoms with Gasteiger partial charge in [0.05, 0.1) is 0 Å². The molecule has 0 rings (SSSR count). The molecule has 0 radical (unpaired) electrons. The van der Waals surface area contributed by atoms with Gasteiger partial charge in [-0.1, -0.05) is 21.6 Å². The maximum Gasteiger partial charge on any atom is 0.459 e. The van der Waals surface area contributed by atoms with Crippen LogP contribution in [0.4, 0.5) is 114 Å². The predicted octanol–water partition coefficient (Wildman–Crippen LogP) is 9.76. The largest absolute Gasteiger partial charge is 0.459 e. The number of hydrogen-bond donors (Lipinski definition) is 0. The Morgan fingerprint density at radius 1 is 0.200 bits per heavy atom. The van der Waals surface area contributed by atoms with Crippen LogP contribution in [0.3, 0.4) is 0 Å². The van der Waals surface area contributed by atoms with Crippen LogP contribution in [0.2, 0.25) is 0 Å². The summed E-state index contributed by atoms with van der Waals surface area (Å²) < 4.78 is 322. The lowest BCUT2D eigenvalue weighted by molar-refractivity contribution is -0.408. The van der Waals surface area contributed by atoms with Gasteiger partial charge in [-0.15, -0.1) is 0 Å². The molecule has 0 spiro atoms. The topological polar surface area (TPSA) is 0 Å². The van der Waals surface area contributed by atoms with Gasteiger partial charge in [0.2, 0.25) is 0 Å². The van der Waals surface area contributed by atoms with Crippen LogP contribution in [-0.4, -0.2) is 70.2 Å². The summed E-state index contributed by atoms with van der Waals surface area (Å²) in [6.07, 6.45) is -51.3. The van der Waals surface area contributed by atoms with Crippen LogP contribution in [0.15, 0.2) is 0 Å². The van der Waals surface area contributed by atoms with Crippen LogP contribution < -0.4 is 0 Å². The normalized spacial score (nSPS) is 16.9. The van der Waals surface area contributed by atoms with E-state index in [1.165, 1.54) is 0 Å². The number of halogens is 26. The Kier molecular flexibility index (Phi) is 9.43. The minimum Gasteiger partial charge on any atom is -0.197 e. The molecular formula is C12F26S2. The third-order valence-corrected chi connectivity index (χ3v) is 8.05. The van der Waals surface area contributed by atoms with Gasteiger partial charge in [0.25, 0.3) is 9.49 Å². The van der Waals surface area contributed by atoms with Crippen LogP contribution in [0.25, 0.3) is 0 Å². The van der Waals surface area contributed by atoms with Gasteiger partial charge in [-0.05, 0) is 0 Å². The van der Waals surface area contributed by atoms with Crippen molar-refractivity contribution in [3.8, 4) is 0 Å². The zero-order chi connectivity index (χ0) is 33.4. The summed E-state index contributed by atoms with van der Waals surface area (Å²) in [7, 11) is -8.67. The standard InChI is InChI=1S/C12F26S2/c13-3(14,5(17,18)11(33,34)35)1(7(21,22)23,8(24,25)26)39-40-2(9(27,28)29,10(30,31)32)4(15,16)6(19,20)12(36,37)38. The van der Waals surface area contributed by atoms with E-state index < -0.39 is 91.8 Å². The zero-order valence-corrected chi connectivity index (χ0v) is 18.3. The van der Waals surface area contributed by atoms with Crippen molar-refractivity contribution in [1.82, 2.24) is 0 Å². The summed E-state index contributed by atoms with van der Waals surface area (Å²) in [5.41, 5.74) is 0. The average molecular weight is 702 g/mol. The molecule has 0 unspecified atom stereocenters. The second kappa shape index (κ2) is 9.70. The Labute approximate surface area is 207 Å². The fraction of sp³-hybridized carbons (Fsp3) is 1.00. The van der Waals surface area contributed by atoms with E-state index in [9.17, 15) is 114 Å². The molecule has 0 saturated heterocycles. The summed E-state index contributed by atoms with van der Waals surface area (Å²) in [6.45, 7) is 0. The van der Waals surface area contributed by atoms with Gasteiger partial charge in [-0.2, -0.15) is 114 Å². The number of rotatable bonds is 7. The van der Waals surface area contributed by atoms with E-state index in [0.717, 1.165) is 0 Å². The quantitative estimate of drug-likeness (QED) is 0.192. The minimum atomic E-state index is -9.09. The Morgan fingerprint density at radius 3 is 0.450 bits per heavy atom. The van der Waals surface area contributed by atoms with Gasteiger partial charge in [-0.25, -0.2) is 0 Å². The molecule has 0 aliphatic carbocycles. The summed E-state index contributed by atoms with van der Waals surface area (Å²) >= 11 is 0. The van der Waals surface area contributed by atoms with Crippen molar-refractivity contribution >= 4 is 21.6 Å². The molecule has 0 aromatic rings. The van der Waals surface area contributed by atoms with E-state index >= 15 is 0 Å². The van der Waals surface area contributed by atoms with Crippen LogP contribution in [0.1, 0.15) is 0 Å². The first-order valence-corrected chi connectivity index (χ1v) is 10.1. The fourth-order valence-electron chi connectivity index (χ4n) is 2.25. The summed E-state index contributed by atoms with van der Waals surface area (Å²) in [6, 6.07) is 0. The molecule has 0 nitrogen and oxygen atoms in total.